The Hall–Kier alpha value is -1.42. The van der Waals surface area contributed by atoms with Gasteiger partial charge in [-0.05, 0) is 38.5 Å². The number of halogens is 1. The summed E-state index contributed by atoms with van der Waals surface area (Å²) in [6.07, 6.45) is 0. The monoisotopic (exact) mass is 357 g/mol. The van der Waals surface area contributed by atoms with Gasteiger partial charge in [0.25, 0.3) is 0 Å². The molecule has 2 aromatic carbocycles. The maximum absolute atomic E-state index is 3.68. The molecule has 0 radical (unpaired) electrons. The van der Waals surface area contributed by atoms with Crippen LogP contribution in [-0.2, 0) is 6.54 Å². The van der Waals surface area contributed by atoms with Gasteiger partial charge in [0.2, 0.25) is 0 Å². The number of benzene rings is 2. The van der Waals surface area contributed by atoms with Crippen LogP contribution < -0.4 is 5.32 Å². The Morgan fingerprint density at radius 3 is 1.90 bits per heavy atom. The fourth-order valence-electron chi connectivity index (χ4n) is 2.37. The minimum absolute atomic E-state index is 0.210. The highest BCUT2D eigenvalue weighted by Crippen LogP contribution is 2.26. The summed E-state index contributed by atoms with van der Waals surface area (Å²) in [7, 11) is 0. The van der Waals surface area contributed by atoms with Crippen molar-refractivity contribution in [2.24, 2.45) is 0 Å². The third-order valence-electron chi connectivity index (χ3n) is 3.42. The largest absolute Gasteiger partial charge is 0.301 e. The molecule has 0 atom stereocenters. The van der Waals surface area contributed by atoms with Crippen LogP contribution in [0.5, 0.6) is 0 Å². The van der Waals surface area contributed by atoms with Crippen LogP contribution in [0.25, 0.3) is 0 Å². The fourth-order valence-corrected chi connectivity index (χ4v) is 3.81. The van der Waals surface area contributed by atoms with Gasteiger partial charge in [0, 0.05) is 15.9 Å². The van der Waals surface area contributed by atoms with Crippen molar-refractivity contribution >= 4 is 27.3 Å². The van der Waals surface area contributed by atoms with E-state index in [0.717, 1.165) is 6.54 Å². The van der Waals surface area contributed by atoms with Gasteiger partial charge < -0.3 is 5.32 Å². The number of nitrogens with one attached hydrogen (secondary N) is 1. The van der Waals surface area contributed by atoms with Gasteiger partial charge in [-0.1, -0.05) is 60.7 Å². The zero-order valence-corrected chi connectivity index (χ0v) is 13.9. The Morgan fingerprint density at radius 1 is 0.857 bits per heavy atom. The van der Waals surface area contributed by atoms with Gasteiger partial charge in [0.05, 0.1) is 6.04 Å². The van der Waals surface area contributed by atoms with Gasteiger partial charge in [-0.15, -0.1) is 11.3 Å². The molecule has 0 aliphatic rings. The zero-order valence-electron chi connectivity index (χ0n) is 11.5. The van der Waals surface area contributed by atoms with Gasteiger partial charge >= 0.3 is 0 Å². The van der Waals surface area contributed by atoms with Crippen molar-refractivity contribution in [1.29, 1.82) is 0 Å². The molecule has 0 amide bonds. The smallest absolute Gasteiger partial charge is 0.0579 e. The molecule has 0 aliphatic carbocycles. The summed E-state index contributed by atoms with van der Waals surface area (Å²) >= 11 is 5.37. The summed E-state index contributed by atoms with van der Waals surface area (Å²) in [5.41, 5.74) is 2.58. The molecule has 0 unspecified atom stereocenters. The van der Waals surface area contributed by atoms with Crippen LogP contribution in [-0.4, -0.2) is 0 Å². The van der Waals surface area contributed by atoms with E-state index in [1.54, 1.807) is 11.3 Å². The number of hydrogen-bond acceptors (Lipinski definition) is 2. The molecule has 0 spiro atoms. The molecule has 0 fully saturated rings. The summed E-state index contributed by atoms with van der Waals surface area (Å²) in [6.45, 7) is 0.854. The fraction of sp³-hybridized carbons (Fsp3) is 0.111. The van der Waals surface area contributed by atoms with Crippen LogP contribution in [0.3, 0.4) is 0 Å². The van der Waals surface area contributed by atoms with E-state index in [1.807, 2.05) is 0 Å². The van der Waals surface area contributed by atoms with Gasteiger partial charge in [-0.25, -0.2) is 0 Å². The van der Waals surface area contributed by atoms with Gasteiger partial charge in [0.15, 0.2) is 0 Å². The second kappa shape index (κ2) is 7.03. The first kappa shape index (κ1) is 14.5. The third-order valence-corrected chi connectivity index (χ3v) is 5.35. The van der Waals surface area contributed by atoms with E-state index in [4.69, 9.17) is 0 Å². The first-order chi connectivity index (χ1) is 10.3. The van der Waals surface area contributed by atoms with Crippen molar-refractivity contribution in [2.45, 2.75) is 12.6 Å². The van der Waals surface area contributed by atoms with Crippen molar-refractivity contribution in [3.05, 3.63) is 92.6 Å². The average Bonchev–Trinajstić information content (AvgIpc) is 2.95. The zero-order chi connectivity index (χ0) is 14.5. The Morgan fingerprint density at radius 2 is 1.43 bits per heavy atom. The SMILES string of the molecule is Brc1ccsc1CNC(c1ccccc1)c1ccccc1. The summed E-state index contributed by atoms with van der Waals surface area (Å²) in [4.78, 5) is 1.33. The molecule has 3 aromatic rings. The van der Waals surface area contributed by atoms with Gasteiger partial charge in [0.1, 0.15) is 0 Å². The molecule has 0 aliphatic heterocycles. The van der Waals surface area contributed by atoms with Crippen molar-refractivity contribution in [2.75, 3.05) is 0 Å². The molecule has 0 saturated heterocycles. The highest BCUT2D eigenvalue weighted by molar-refractivity contribution is 9.10. The first-order valence-electron chi connectivity index (χ1n) is 6.90. The van der Waals surface area contributed by atoms with E-state index in [2.05, 4.69) is 93.4 Å². The highest BCUT2D eigenvalue weighted by Gasteiger charge is 2.13. The van der Waals surface area contributed by atoms with Crippen molar-refractivity contribution in [3.63, 3.8) is 0 Å². The summed E-state index contributed by atoms with van der Waals surface area (Å²) in [6, 6.07) is 23.5. The average molecular weight is 358 g/mol. The predicted octanol–water partition coefficient (Wildman–Crippen LogP) is 5.39. The number of hydrogen-bond donors (Lipinski definition) is 1. The molecule has 0 bridgehead atoms. The standard InChI is InChI=1S/C18H16BrNS/c19-16-11-12-21-17(16)13-20-18(14-7-3-1-4-8-14)15-9-5-2-6-10-15/h1-12,18,20H,13H2. The minimum atomic E-state index is 0.210. The molecule has 1 nitrogen and oxygen atoms in total. The number of thiophene rings is 1. The van der Waals surface area contributed by atoms with Crippen LogP contribution >= 0.6 is 27.3 Å². The molecule has 3 heteroatoms. The Labute approximate surface area is 137 Å². The molecule has 106 valence electrons. The van der Waals surface area contributed by atoms with Gasteiger partial charge in [-0.3, -0.25) is 0 Å². The molecule has 1 heterocycles. The lowest BCUT2D eigenvalue weighted by atomic mass is 9.99. The van der Waals surface area contributed by atoms with E-state index in [0.29, 0.717) is 0 Å². The van der Waals surface area contributed by atoms with Crippen LogP contribution in [0.1, 0.15) is 22.0 Å². The molecule has 1 N–H and O–H groups in total. The Bertz CT molecular complexity index is 639. The topological polar surface area (TPSA) is 12.0 Å². The van der Waals surface area contributed by atoms with Crippen molar-refractivity contribution in [3.8, 4) is 0 Å². The van der Waals surface area contributed by atoms with Gasteiger partial charge in [-0.2, -0.15) is 0 Å². The third kappa shape index (κ3) is 3.62. The van der Waals surface area contributed by atoms with E-state index < -0.39 is 0 Å². The van der Waals surface area contributed by atoms with E-state index in [-0.39, 0.29) is 6.04 Å². The highest BCUT2D eigenvalue weighted by atomic mass is 79.9. The van der Waals surface area contributed by atoms with E-state index in [1.165, 1.54) is 20.5 Å². The summed E-state index contributed by atoms with van der Waals surface area (Å²) < 4.78 is 1.18. The maximum atomic E-state index is 3.68. The molecule has 1 aromatic heterocycles. The normalized spacial score (nSPS) is 11.0. The van der Waals surface area contributed by atoms with Crippen LogP contribution in [0.2, 0.25) is 0 Å². The molecular weight excluding hydrogens is 342 g/mol. The maximum Gasteiger partial charge on any atom is 0.0579 e. The molecule has 21 heavy (non-hydrogen) atoms. The van der Waals surface area contributed by atoms with E-state index >= 15 is 0 Å². The quantitative estimate of drug-likeness (QED) is 0.645. The molecule has 3 rings (SSSR count). The Balaban J connectivity index is 1.85. The van der Waals surface area contributed by atoms with Crippen molar-refractivity contribution < 1.29 is 0 Å². The lowest BCUT2D eigenvalue weighted by Crippen LogP contribution is -2.21. The Kier molecular flexibility index (Phi) is 4.86. The molecular formula is C18H16BrNS. The second-order valence-electron chi connectivity index (χ2n) is 4.83. The second-order valence-corrected chi connectivity index (χ2v) is 6.68. The lowest BCUT2D eigenvalue weighted by molar-refractivity contribution is 0.609. The lowest BCUT2D eigenvalue weighted by Gasteiger charge is -2.19. The first-order valence-corrected chi connectivity index (χ1v) is 8.57. The van der Waals surface area contributed by atoms with E-state index in [9.17, 15) is 0 Å². The molecule has 0 saturated carbocycles. The summed E-state index contributed by atoms with van der Waals surface area (Å²) in [5, 5.41) is 5.79. The van der Waals surface area contributed by atoms with Crippen LogP contribution in [0.4, 0.5) is 0 Å². The number of rotatable bonds is 5. The van der Waals surface area contributed by atoms with Crippen LogP contribution in [0.15, 0.2) is 76.6 Å². The summed E-state index contributed by atoms with van der Waals surface area (Å²) in [5.74, 6) is 0. The predicted molar refractivity (Wildman–Crippen MR) is 93.6 cm³/mol. The van der Waals surface area contributed by atoms with Crippen molar-refractivity contribution in [1.82, 2.24) is 5.32 Å². The van der Waals surface area contributed by atoms with Crippen LogP contribution in [0, 0.1) is 0 Å². The minimum Gasteiger partial charge on any atom is -0.301 e.